The standard InChI is InChI=1S/C6H5.Ce.HO2P/c1-2-4-6-5-3-1;;1-3-2/h1-5H;;(H,1,2)/q-1;;. The first kappa shape index (κ1) is 13.3. The van der Waals surface area contributed by atoms with E-state index in [1.54, 1.807) is 0 Å². The molecule has 0 amide bonds. The van der Waals surface area contributed by atoms with Crippen molar-refractivity contribution in [1.29, 1.82) is 0 Å². The monoisotopic (exact) mass is 281 g/mol. The first-order chi connectivity index (χ1) is 4.41. The molecule has 0 saturated carbocycles. The van der Waals surface area contributed by atoms with Gasteiger partial charge in [0.15, 0.2) is 0 Å². The normalized spacial score (nSPS) is 6.90. The van der Waals surface area contributed by atoms with Crippen LogP contribution in [0.25, 0.3) is 0 Å². The van der Waals surface area contributed by atoms with Gasteiger partial charge in [-0.2, -0.15) is 36.4 Å². The molecule has 52 valence electrons. The summed E-state index contributed by atoms with van der Waals surface area (Å²) in [6, 6.07) is 12.5. The van der Waals surface area contributed by atoms with Crippen LogP contribution in [0, 0.1) is 47.8 Å². The summed E-state index contributed by atoms with van der Waals surface area (Å²) in [5.41, 5.74) is 0. The van der Waals surface area contributed by atoms with Crippen molar-refractivity contribution in [2.45, 2.75) is 0 Å². The molecule has 0 aliphatic heterocycles. The van der Waals surface area contributed by atoms with Crippen molar-refractivity contribution in [3.05, 3.63) is 36.4 Å². The van der Waals surface area contributed by atoms with Gasteiger partial charge in [0, 0.05) is 41.7 Å². The van der Waals surface area contributed by atoms with E-state index in [0.717, 1.165) is 0 Å². The van der Waals surface area contributed by atoms with Crippen molar-refractivity contribution < 1.29 is 51.2 Å². The topological polar surface area (TPSA) is 37.3 Å². The Morgan fingerprint density at radius 2 is 1.60 bits per heavy atom. The third-order valence-corrected chi connectivity index (χ3v) is 0.607. The van der Waals surface area contributed by atoms with Crippen LogP contribution in [0.2, 0.25) is 0 Å². The zero-order chi connectivity index (χ0) is 6.95. The predicted octanol–water partition coefficient (Wildman–Crippen LogP) is 1.67. The molecule has 0 fully saturated rings. The Hall–Kier alpha value is 0.657. The Morgan fingerprint density at radius 1 is 1.20 bits per heavy atom. The summed E-state index contributed by atoms with van der Waals surface area (Å²) in [6.45, 7) is 0. The fraction of sp³-hybridized carbons (Fsp3) is 0. The van der Waals surface area contributed by atoms with Gasteiger partial charge in [0.1, 0.15) is 0 Å². The molecular weight excluding hydrogens is 275 g/mol. The molecule has 0 atom stereocenters. The van der Waals surface area contributed by atoms with E-state index in [4.69, 9.17) is 9.46 Å². The number of hydrogen-bond donors (Lipinski definition) is 1. The fourth-order valence-electron chi connectivity index (χ4n) is 0.342. The average Bonchev–Trinajstić information content (AvgIpc) is 1.93. The van der Waals surface area contributed by atoms with Crippen LogP contribution in [0.5, 0.6) is 0 Å². The summed E-state index contributed by atoms with van der Waals surface area (Å²) < 4.78 is 8.46. The number of rotatable bonds is 0. The molecule has 4 heteroatoms. The summed E-state index contributed by atoms with van der Waals surface area (Å²) in [4.78, 5) is 6.99. The van der Waals surface area contributed by atoms with E-state index in [9.17, 15) is 0 Å². The number of hydrogen-bond acceptors (Lipinski definition) is 1. The van der Waals surface area contributed by atoms with Crippen molar-refractivity contribution in [3.63, 3.8) is 0 Å². The van der Waals surface area contributed by atoms with Crippen LogP contribution in [0.1, 0.15) is 0 Å². The van der Waals surface area contributed by atoms with Crippen LogP contribution in [-0.4, -0.2) is 4.89 Å². The molecule has 0 unspecified atom stereocenters. The van der Waals surface area contributed by atoms with E-state index in [2.05, 4.69) is 6.07 Å². The predicted molar refractivity (Wildman–Crippen MR) is 35.1 cm³/mol. The first-order valence-corrected chi connectivity index (χ1v) is 3.06. The van der Waals surface area contributed by atoms with Gasteiger partial charge in [0.25, 0.3) is 0 Å². The van der Waals surface area contributed by atoms with Crippen LogP contribution in [0.15, 0.2) is 30.3 Å². The second kappa shape index (κ2) is 12.3. The Kier molecular flexibility index (Phi) is 16.4. The van der Waals surface area contributed by atoms with Gasteiger partial charge >= 0.3 is 8.69 Å². The van der Waals surface area contributed by atoms with Crippen molar-refractivity contribution in [2.24, 2.45) is 0 Å². The van der Waals surface area contributed by atoms with Gasteiger partial charge in [0.2, 0.25) is 0 Å². The molecule has 0 aromatic heterocycles. The zero-order valence-electron chi connectivity index (χ0n) is 5.19. The molecule has 2 nitrogen and oxygen atoms in total. The Labute approximate surface area is 95.3 Å². The van der Waals surface area contributed by atoms with Gasteiger partial charge in [0.05, 0.1) is 0 Å². The molecular formula is C6H6CeO2P-. The van der Waals surface area contributed by atoms with Gasteiger partial charge in [-0.1, -0.05) is 0 Å². The van der Waals surface area contributed by atoms with Crippen LogP contribution in [0.4, 0.5) is 0 Å². The fourth-order valence-corrected chi connectivity index (χ4v) is 0.342. The minimum atomic E-state index is -0.833. The van der Waals surface area contributed by atoms with Gasteiger partial charge in [-0.25, -0.2) is 4.57 Å². The molecule has 1 aromatic carbocycles. The largest absolute Gasteiger partial charge is 0.324 e. The van der Waals surface area contributed by atoms with Gasteiger partial charge in [-0.05, 0) is 0 Å². The van der Waals surface area contributed by atoms with Gasteiger partial charge < -0.3 is 4.89 Å². The maximum absolute atomic E-state index is 8.46. The molecule has 0 saturated heterocycles. The van der Waals surface area contributed by atoms with Crippen LogP contribution in [0.3, 0.4) is 0 Å². The summed E-state index contributed by atoms with van der Waals surface area (Å²) in [5, 5.41) is 0. The third kappa shape index (κ3) is 11.5. The zero-order valence-corrected chi connectivity index (χ0v) is 9.22. The number of benzene rings is 1. The van der Waals surface area contributed by atoms with Crippen molar-refractivity contribution in [2.75, 3.05) is 0 Å². The van der Waals surface area contributed by atoms with Crippen LogP contribution < -0.4 is 0 Å². The Morgan fingerprint density at radius 3 is 1.70 bits per heavy atom. The Balaban J connectivity index is 0. The summed E-state index contributed by atoms with van der Waals surface area (Å²) >= 11 is 0. The molecule has 1 rings (SSSR count). The SMILES string of the molecule is O=PO.[Ce].[c-]1ccccc1. The molecule has 1 aromatic rings. The van der Waals surface area contributed by atoms with Crippen molar-refractivity contribution >= 4 is 8.69 Å². The second-order valence-corrected chi connectivity index (χ2v) is 1.32. The van der Waals surface area contributed by atoms with Crippen LogP contribution in [-0.2, 0) is 4.57 Å². The molecule has 0 aliphatic rings. The maximum Gasteiger partial charge on any atom is 0.324 e. The molecule has 0 radical (unpaired) electrons. The third-order valence-electron chi connectivity index (χ3n) is 0.607. The van der Waals surface area contributed by atoms with Crippen molar-refractivity contribution in [3.8, 4) is 0 Å². The van der Waals surface area contributed by atoms with E-state index < -0.39 is 8.69 Å². The molecule has 0 aliphatic carbocycles. The molecule has 10 heavy (non-hydrogen) atoms. The van der Waals surface area contributed by atoms with E-state index in [0.29, 0.717) is 0 Å². The molecule has 1 N–H and O–H groups in total. The summed E-state index contributed by atoms with van der Waals surface area (Å²) in [6.07, 6.45) is 0. The Bertz CT molecular complexity index is 119. The van der Waals surface area contributed by atoms with Gasteiger partial charge in [-0.3, -0.25) is 0 Å². The summed E-state index contributed by atoms with van der Waals surface area (Å²) in [5.74, 6) is 0. The second-order valence-electron chi connectivity index (χ2n) is 1.16. The van der Waals surface area contributed by atoms with E-state index >= 15 is 0 Å². The van der Waals surface area contributed by atoms with Crippen molar-refractivity contribution in [1.82, 2.24) is 0 Å². The minimum absolute atomic E-state index is 0. The quantitative estimate of drug-likeness (QED) is 0.580. The van der Waals surface area contributed by atoms with E-state index in [1.165, 1.54) is 0 Å². The smallest absolute Gasteiger partial charge is 0.310 e. The molecule has 0 bridgehead atoms. The van der Waals surface area contributed by atoms with Gasteiger partial charge in [-0.15, -0.1) is 0 Å². The van der Waals surface area contributed by atoms with E-state index in [1.807, 2.05) is 30.3 Å². The summed E-state index contributed by atoms with van der Waals surface area (Å²) in [7, 11) is -0.833. The maximum atomic E-state index is 8.46. The average molecular weight is 281 g/mol. The minimum Gasteiger partial charge on any atom is -0.310 e. The van der Waals surface area contributed by atoms with Crippen LogP contribution >= 0.6 is 8.69 Å². The molecule has 0 spiro atoms. The van der Waals surface area contributed by atoms with E-state index in [-0.39, 0.29) is 41.7 Å². The first-order valence-electron chi connectivity index (χ1n) is 2.29. The molecule has 0 heterocycles.